The topological polar surface area (TPSA) is 80.7 Å². The summed E-state index contributed by atoms with van der Waals surface area (Å²) in [4.78, 5) is 11.5. The van der Waals surface area contributed by atoms with Gasteiger partial charge in [0.05, 0.1) is 5.92 Å². The molecule has 2 rings (SSSR count). The van der Waals surface area contributed by atoms with Crippen LogP contribution in [0.4, 0.5) is 4.39 Å². The van der Waals surface area contributed by atoms with Crippen molar-refractivity contribution in [1.82, 2.24) is 0 Å². The highest BCUT2D eigenvalue weighted by molar-refractivity contribution is 7.86. The zero-order valence-corrected chi connectivity index (χ0v) is 9.32. The first-order valence-electron chi connectivity index (χ1n) is 5.19. The van der Waals surface area contributed by atoms with Gasteiger partial charge in [-0.3, -0.25) is 9.35 Å². The summed E-state index contributed by atoms with van der Waals surface area (Å²) < 4.78 is 45.9. The van der Waals surface area contributed by atoms with Gasteiger partial charge in [0, 0.05) is 0 Å². The minimum Gasteiger partial charge on any atom is -0.415 e. The standard InChI is InChI=1S/C9H13FO5S/c10-9(16(12,13)14)15-8(11)7-4-5-1-2-6(7)3-5/h5-7,9H,1-4H2,(H,12,13,14). The molecule has 16 heavy (non-hydrogen) atoms. The summed E-state index contributed by atoms with van der Waals surface area (Å²) in [6, 6.07) is 0. The Morgan fingerprint density at radius 2 is 2.06 bits per heavy atom. The molecule has 0 heterocycles. The molecule has 2 bridgehead atoms. The van der Waals surface area contributed by atoms with Gasteiger partial charge >= 0.3 is 21.8 Å². The van der Waals surface area contributed by atoms with Crippen molar-refractivity contribution in [1.29, 1.82) is 0 Å². The summed E-state index contributed by atoms with van der Waals surface area (Å²) in [6.07, 6.45) is 3.56. The molecule has 7 heteroatoms. The zero-order valence-electron chi connectivity index (χ0n) is 8.50. The van der Waals surface area contributed by atoms with E-state index in [9.17, 15) is 17.6 Å². The molecule has 2 aliphatic carbocycles. The first-order chi connectivity index (χ1) is 7.38. The Kier molecular flexibility index (Phi) is 2.91. The molecular weight excluding hydrogens is 239 g/mol. The average molecular weight is 252 g/mol. The van der Waals surface area contributed by atoms with Crippen LogP contribution in [0.5, 0.6) is 0 Å². The Hall–Kier alpha value is -0.690. The molecule has 0 aromatic rings. The van der Waals surface area contributed by atoms with Crippen LogP contribution in [-0.4, -0.2) is 24.6 Å². The van der Waals surface area contributed by atoms with Gasteiger partial charge < -0.3 is 4.74 Å². The predicted molar refractivity (Wildman–Crippen MR) is 51.5 cm³/mol. The lowest BCUT2D eigenvalue weighted by molar-refractivity contribution is -0.158. The monoisotopic (exact) mass is 252 g/mol. The van der Waals surface area contributed by atoms with Crippen LogP contribution in [-0.2, 0) is 19.6 Å². The van der Waals surface area contributed by atoms with Crippen molar-refractivity contribution in [2.75, 3.05) is 0 Å². The first-order valence-corrected chi connectivity index (χ1v) is 6.69. The Bertz CT molecular complexity index is 393. The van der Waals surface area contributed by atoms with Gasteiger partial charge in [0.2, 0.25) is 0 Å². The van der Waals surface area contributed by atoms with Crippen molar-refractivity contribution in [3.05, 3.63) is 0 Å². The normalized spacial score (nSPS) is 35.0. The number of hydrogen-bond donors (Lipinski definition) is 1. The van der Waals surface area contributed by atoms with Crippen LogP contribution in [0.1, 0.15) is 25.7 Å². The summed E-state index contributed by atoms with van der Waals surface area (Å²) >= 11 is 0. The number of ether oxygens (including phenoxy) is 1. The van der Waals surface area contributed by atoms with Crippen molar-refractivity contribution in [2.24, 2.45) is 17.8 Å². The van der Waals surface area contributed by atoms with Gasteiger partial charge in [-0.15, -0.1) is 0 Å². The Morgan fingerprint density at radius 1 is 1.38 bits per heavy atom. The van der Waals surface area contributed by atoms with Crippen LogP contribution >= 0.6 is 0 Å². The van der Waals surface area contributed by atoms with E-state index in [1.54, 1.807) is 0 Å². The van der Waals surface area contributed by atoms with E-state index in [1.807, 2.05) is 0 Å². The molecular formula is C9H13FO5S. The second-order valence-electron chi connectivity index (χ2n) is 4.51. The molecule has 0 aromatic carbocycles. The van der Waals surface area contributed by atoms with Gasteiger partial charge in [-0.2, -0.15) is 12.8 Å². The maximum atomic E-state index is 12.8. The molecule has 2 fully saturated rings. The van der Waals surface area contributed by atoms with Crippen molar-refractivity contribution in [3.63, 3.8) is 0 Å². The maximum Gasteiger partial charge on any atom is 0.367 e. The van der Waals surface area contributed by atoms with Crippen molar-refractivity contribution < 1.29 is 26.9 Å². The maximum absolute atomic E-state index is 12.8. The highest BCUT2D eigenvalue weighted by Crippen LogP contribution is 2.48. The van der Waals surface area contributed by atoms with E-state index in [4.69, 9.17) is 4.55 Å². The number of hydrogen-bond acceptors (Lipinski definition) is 4. The van der Waals surface area contributed by atoms with Crippen molar-refractivity contribution >= 4 is 16.1 Å². The molecule has 5 nitrogen and oxygen atoms in total. The fraction of sp³-hybridized carbons (Fsp3) is 0.889. The van der Waals surface area contributed by atoms with Gasteiger partial charge in [0.1, 0.15) is 0 Å². The Balaban J connectivity index is 1.94. The third kappa shape index (κ3) is 2.20. The van der Waals surface area contributed by atoms with Crippen LogP contribution in [0, 0.1) is 17.8 Å². The molecule has 1 N–H and O–H groups in total. The van der Waals surface area contributed by atoms with Crippen molar-refractivity contribution in [2.45, 2.75) is 31.4 Å². The predicted octanol–water partition coefficient (Wildman–Crippen LogP) is 1.11. The Labute approximate surface area is 92.7 Å². The van der Waals surface area contributed by atoms with E-state index >= 15 is 0 Å². The van der Waals surface area contributed by atoms with Gasteiger partial charge in [0.25, 0.3) is 0 Å². The molecule has 0 radical (unpaired) electrons. The van der Waals surface area contributed by atoms with Crippen LogP contribution in [0.15, 0.2) is 0 Å². The number of rotatable bonds is 3. The zero-order chi connectivity index (χ0) is 11.9. The molecule has 4 atom stereocenters. The van der Waals surface area contributed by atoms with E-state index < -0.39 is 27.7 Å². The molecule has 0 aliphatic heterocycles. The molecule has 2 aliphatic rings. The average Bonchev–Trinajstić information content (AvgIpc) is 2.76. The fourth-order valence-electron chi connectivity index (χ4n) is 2.77. The van der Waals surface area contributed by atoms with E-state index in [-0.39, 0.29) is 5.92 Å². The third-order valence-electron chi connectivity index (χ3n) is 3.48. The number of esters is 1. The largest absolute Gasteiger partial charge is 0.415 e. The summed E-state index contributed by atoms with van der Waals surface area (Å²) in [7, 11) is -4.95. The van der Waals surface area contributed by atoms with Gasteiger partial charge in [-0.05, 0) is 31.1 Å². The SMILES string of the molecule is O=C(OC(F)S(=O)(=O)O)C1CC2CCC1C2. The van der Waals surface area contributed by atoms with Crippen LogP contribution in [0.3, 0.4) is 0 Å². The number of carbonyl (C=O) groups excluding carboxylic acids is 1. The number of carbonyl (C=O) groups is 1. The number of fused-ring (bicyclic) bond motifs is 2. The van der Waals surface area contributed by atoms with Gasteiger partial charge in [-0.1, -0.05) is 6.42 Å². The van der Waals surface area contributed by atoms with Gasteiger partial charge in [0.15, 0.2) is 0 Å². The van der Waals surface area contributed by atoms with E-state index in [1.165, 1.54) is 0 Å². The summed E-state index contributed by atoms with van der Waals surface area (Å²) in [5.74, 6) is -0.589. The number of halogens is 1. The lowest BCUT2D eigenvalue weighted by Crippen LogP contribution is -2.29. The van der Waals surface area contributed by atoms with Crippen LogP contribution < -0.4 is 0 Å². The molecule has 2 saturated carbocycles. The number of alkyl halides is 1. The van der Waals surface area contributed by atoms with Crippen LogP contribution in [0.2, 0.25) is 0 Å². The third-order valence-corrected chi connectivity index (χ3v) is 4.05. The molecule has 92 valence electrons. The quantitative estimate of drug-likeness (QED) is 0.601. The second kappa shape index (κ2) is 3.96. The summed E-state index contributed by atoms with van der Waals surface area (Å²) in [5.41, 5.74) is -2.96. The summed E-state index contributed by atoms with van der Waals surface area (Å²) in [6.45, 7) is 0. The second-order valence-corrected chi connectivity index (χ2v) is 5.91. The van der Waals surface area contributed by atoms with E-state index in [0.29, 0.717) is 12.3 Å². The molecule has 0 amide bonds. The van der Waals surface area contributed by atoms with Gasteiger partial charge in [-0.25, -0.2) is 0 Å². The Morgan fingerprint density at radius 3 is 2.50 bits per heavy atom. The lowest BCUT2D eigenvalue weighted by Gasteiger charge is -2.20. The van der Waals surface area contributed by atoms with E-state index in [2.05, 4.69) is 4.74 Å². The van der Waals surface area contributed by atoms with Crippen molar-refractivity contribution in [3.8, 4) is 0 Å². The highest BCUT2D eigenvalue weighted by atomic mass is 32.2. The lowest BCUT2D eigenvalue weighted by atomic mass is 9.89. The minimum absolute atomic E-state index is 0.186. The summed E-state index contributed by atoms with van der Waals surface area (Å²) in [5, 5.41) is 0. The molecule has 0 spiro atoms. The minimum atomic E-state index is -4.95. The molecule has 4 unspecified atom stereocenters. The molecule has 0 saturated heterocycles. The first kappa shape index (κ1) is 11.8. The van der Waals surface area contributed by atoms with E-state index in [0.717, 1.165) is 19.3 Å². The van der Waals surface area contributed by atoms with Crippen LogP contribution in [0.25, 0.3) is 0 Å². The fourth-order valence-corrected chi connectivity index (χ4v) is 2.99. The highest BCUT2D eigenvalue weighted by Gasteiger charge is 2.45. The molecule has 0 aromatic heterocycles. The smallest absolute Gasteiger partial charge is 0.367 e.